The number of aldehydes is 1. The van der Waals surface area contributed by atoms with E-state index in [9.17, 15) is 18.0 Å². The molecule has 0 aliphatic heterocycles. The second-order valence-corrected chi connectivity index (χ2v) is 10.5. The third-order valence-corrected chi connectivity index (χ3v) is 6.35. The summed E-state index contributed by atoms with van der Waals surface area (Å²) in [4.78, 5) is 21.8. The zero-order valence-corrected chi connectivity index (χ0v) is 24.0. The summed E-state index contributed by atoms with van der Waals surface area (Å²) in [5, 5.41) is 17.3. The average molecular weight is 534 g/mol. The van der Waals surface area contributed by atoms with Crippen molar-refractivity contribution in [2.45, 2.75) is 61.3 Å². The molecule has 0 radical (unpaired) electrons. The summed E-state index contributed by atoms with van der Waals surface area (Å²) in [6.45, 7) is 14.7. The summed E-state index contributed by atoms with van der Waals surface area (Å²) >= 11 is 0. The minimum atomic E-state index is -3.56. The number of carboxylic acids is 1. The van der Waals surface area contributed by atoms with Crippen LogP contribution < -0.4 is 5.73 Å². The smallest absolute Gasteiger partial charge is 0.331 e. The number of carbonyl (C=O) groups excluding carboxylic acids is 1. The second kappa shape index (κ2) is 19.9. The van der Waals surface area contributed by atoms with E-state index in [1.54, 1.807) is 25.2 Å². The highest BCUT2D eigenvalue weighted by atomic mass is 32.2. The van der Waals surface area contributed by atoms with Crippen molar-refractivity contribution in [3.05, 3.63) is 70.4 Å². The molecule has 0 aromatic heterocycles. The predicted octanol–water partition coefficient (Wildman–Crippen LogP) is 5.26. The molecule has 0 saturated heterocycles. The van der Waals surface area contributed by atoms with Gasteiger partial charge in [0, 0.05) is 24.2 Å². The van der Waals surface area contributed by atoms with Gasteiger partial charge >= 0.3 is 5.97 Å². The monoisotopic (exact) mass is 533 g/mol. The fourth-order valence-electron chi connectivity index (χ4n) is 2.93. The van der Waals surface area contributed by atoms with E-state index in [0.29, 0.717) is 37.8 Å². The van der Waals surface area contributed by atoms with Gasteiger partial charge in [0.15, 0.2) is 0 Å². The Hall–Kier alpha value is -3.22. The van der Waals surface area contributed by atoms with Gasteiger partial charge in [-0.25, -0.2) is 13.2 Å². The fourth-order valence-corrected chi connectivity index (χ4v) is 4.81. The predicted molar refractivity (Wildman–Crippen MR) is 151 cm³/mol. The van der Waals surface area contributed by atoms with Crippen molar-refractivity contribution in [1.29, 1.82) is 5.26 Å². The number of hydrogen-bond acceptors (Lipinski definition) is 6. The van der Waals surface area contributed by atoms with Gasteiger partial charge in [0.2, 0.25) is 10.0 Å². The molecule has 3 N–H and O–H groups in total. The van der Waals surface area contributed by atoms with Crippen LogP contribution in [0.2, 0.25) is 0 Å². The van der Waals surface area contributed by atoms with E-state index in [-0.39, 0.29) is 27.9 Å². The summed E-state index contributed by atoms with van der Waals surface area (Å²) in [6.07, 6.45) is 13.7. The van der Waals surface area contributed by atoms with Crippen LogP contribution in [0.4, 0.5) is 0 Å². The number of sulfonamides is 1. The highest BCUT2D eigenvalue weighted by Crippen LogP contribution is 2.22. The zero-order valence-electron chi connectivity index (χ0n) is 23.1. The van der Waals surface area contributed by atoms with Crippen molar-refractivity contribution >= 4 is 22.3 Å². The molecule has 9 heteroatoms. The minimum Gasteiger partial charge on any atom is -0.478 e. The Morgan fingerprint density at radius 1 is 1.22 bits per heavy atom. The Balaban J connectivity index is 0. The third-order valence-electron chi connectivity index (χ3n) is 4.49. The molecule has 0 unspecified atom stereocenters. The molecule has 0 atom stereocenters. The van der Waals surface area contributed by atoms with Gasteiger partial charge in [-0.2, -0.15) is 9.57 Å². The van der Waals surface area contributed by atoms with Gasteiger partial charge in [0.25, 0.3) is 0 Å². The van der Waals surface area contributed by atoms with Crippen LogP contribution in [0.1, 0.15) is 61.3 Å². The van der Waals surface area contributed by atoms with Crippen LogP contribution >= 0.6 is 0 Å². The maximum absolute atomic E-state index is 12.8. The van der Waals surface area contributed by atoms with Crippen molar-refractivity contribution in [3.8, 4) is 6.07 Å². The lowest BCUT2D eigenvalue weighted by atomic mass is 10.1. The number of hydrogen-bond donors (Lipinski definition) is 2. The molecule has 0 saturated carbocycles. The van der Waals surface area contributed by atoms with Crippen molar-refractivity contribution in [2.75, 3.05) is 13.1 Å². The standard InChI is InChI=1S/C16H25NO3S.C10H12N2O2.C2H6/c1-13(2)10-17(11-14(3)4)21(19,20)16-8-6-5-7-15(9-16)12-18;1-2-9(10(13)14)6-8(7-12)4-3-5-11;1-2/h5,7-9,12-14H,6,10-11H2,1-4H3;3-6H,2,11H2,1H3,(H,13,14);1-2H3/b;5-3+,8-4+,9-6+;. The Morgan fingerprint density at radius 3 is 2.19 bits per heavy atom. The summed E-state index contributed by atoms with van der Waals surface area (Å²) in [7, 11) is -3.56. The molecule has 8 nitrogen and oxygen atoms in total. The van der Waals surface area contributed by atoms with Crippen molar-refractivity contribution in [3.63, 3.8) is 0 Å². The normalized spacial score (nSPS) is 14.2. The Morgan fingerprint density at radius 2 is 1.78 bits per heavy atom. The number of nitrogens with two attached hydrogens (primary N) is 1. The molecule has 0 bridgehead atoms. The first-order valence-corrected chi connectivity index (χ1v) is 13.8. The molecule has 0 amide bonds. The molecular weight excluding hydrogens is 490 g/mol. The average Bonchev–Trinajstić information content (AvgIpc) is 3.11. The van der Waals surface area contributed by atoms with Gasteiger partial charge in [-0.15, -0.1) is 0 Å². The molecule has 1 aliphatic rings. The van der Waals surface area contributed by atoms with Crippen LogP contribution in [-0.4, -0.2) is 43.2 Å². The first-order valence-electron chi connectivity index (χ1n) is 12.4. The van der Waals surface area contributed by atoms with Crippen molar-refractivity contribution < 1.29 is 23.1 Å². The first-order chi connectivity index (χ1) is 17.4. The van der Waals surface area contributed by atoms with Crippen molar-refractivity contribution in [2.24, 2.45) is 17.6 Å². The third kappa shape index (κ3) is 14.8. The number of carboxylic acid groups (broad SMARTS) is 1. The van der Waals surface area contributed by atoms with Crippen LogP contribution in [0.15, 0.2) is 70.4 Å². The van der Waals surface area contributed by atoms with Crippen LogP contribution in [0.25, 0.3) is 0 Å². The molecule has 206 valence electrons. The lowest BCUT2D eigenvalue weighted by Crippen LogP contribution is -2.37. The summed E-state index contributed by atoms with van der Waals surface area (Å²) in [5.74, 6) is -0.513. The summed E-state index contributed by atoms with van der Waals surface area (Å²) < 4.78 is 27.2. The van der Waals surface area contributed by atoms with Gasteiger partial charge in [0.1, 0.15) is 6.29 Å². The van der Waals surface area contributed by atoms with Crippen molar-refractivity contribution in [1.82, 2.24) is 4.31 Å². The molecule has 0 fully saturated rings. The highest BCUT2D eigenvalue weighted by Gasteiger charge is 2.27. The summed E-state index contributed by atoms with van der Waals surface area (Å²) in [5.41, 5.74) is 5.94. The van der Waals surface area contributed by atoms with E-state index in [2.05, 4.69) is 0 Å². The van der Waals surface area contributed by atoms with Gasteiger partial charge in [-0.05, 0) is 55.2 Å². The van der Waals surface area contributed by atoms with Gasteiger partial charge in [-0.1, -0.05) is 66.7 Å². The molecular formula is C28H43N3O5S. The topological polar surface area (TPSA) is 142 Å². The number of carbonyl (C=O) groups is 2. The number of nitriles is 1. The molecule has 37 heavy (non-hydrogen) atoms. The molecule has 0 heterocycles. The molecule has 0 spiro atoms. The van der Waals surface area contributed by atoms with E-state index >= 15 is 0 Å². The van der Waals surface area contributed by atoms with E-state index in [0.717, 1.165) is 0 Å². The Bertz CT molecular complexity index is 1040. The van der Waals surface area contributed by atoms with Gasteiger partial charge in [-0.3, -0.25) is 4.79 Å². The van der Waals surface area contributed by atoms with E-state index in [4.69, 9.17) is 16.1 Å². The first kappa shape index (κ1) is 35.9. The molecule has 0 aromatic rings. The number of aliphatic carboxylic acids is 1. The minimum absolute atomic E-state index is 0.197. The SMILES string of the molecule is CC.CC(C)CN(CC(C)C)S(=O)(=O)C1=CCC=CC(C=O)=C1.CC\C(=C/C(C#N)=C\C=C\N)C(=O)O. The van der Waals surface area contributed by atoms with Gasteiger partial charge in [0.05, 0.1) is 16.5 Å². The molecule has 1 aliphatic carbocycles. The van der Waals surface area contributed by atoms with E-state index in [1.807, 2.05) is 47.6 Å². The molecule has 1 rings (SSSR count). The molecule has 0 aromatic carbocycles. The summed E-state index contributed by atoms with van der Waals surface area (Å²) in [6, 6.07) is 1.87. The van der Waals surface area contributed by atoms with E-state index in [1.165, 1.54) is 34.8 Å². The van der Waals surface area contributed by atoms with Crippen LogP contribution in [0, 0.1) is 23.2 Å². The second-order valence-electron chi connectivity index (χ2n) is 8.56. The fraction of sp³-hybridized carbons (Fsp3) is 0.464. The largest absolute Gasteiger partial charge is 0.478 e. The Labute approximate surface area is 223 Å². The van der Waals surface area contributed by atoms with Gasteiger partial charge < -0.3 is 10.8 Å². The van der Waals surface area contributed by atoms with Crippen LogP contribution in [0.5, 0.6) is 0 Å². The number of nitrogens with zero attached hydrogens (tertiary/aromatic N) is 2. The zero-order chi connectivity index (χ0) is 29.0. The lowest BCUT2D eigenvalue weighted by Gasteiger charge is -2.26. The maximum atomic E-state index is 12.8. The quantitative estimate of drug-likeness (QED) is 0.160. The lowest BCUT2D eigenvalue weighted by molar-refractivity contribution is -0.132. The highest BCUT2D eigenvalue weighted by molar-refractivity contribution is 7.93. The maximum Gasteiger partial charge on any atom is 0.331 e. The number of allylic oxidation sites excluding steroid dienone is 9. The number of rotatable bonds is 11. The van der Waals surface area contributed by atoms with E-state index < -0.39 is 16.0 Å². The Kier molecular flexibility index (Phi) is 19.3. The van der Waals surface area contributed by atoms with Crippen LogP contribution in [-0.2, 0) is 19.6 Å². The van der Waals surface area contributed by atoms with Crippen LogP contribution in [0.3, 0.4) is 0 Å².